The summed E-state index contributed by atoms with van der Waals surface area (Å²) >= 11 is 0. The summed E-state index contributed by atoms with van der Waals surface area (Å²) in [6.07, 6.45) is 0.0625. The van der Waals surface area contributed by atoms with Crippen molar-refractivity contribution >= 4 is 11.6 Å². The number of hydrogen-bond acceptors (Lipinski definition) is 4. The highest BCUT2D eigenvalue weighted by Gasteiger charge is 2.20. The van der Waals surface area contributed by atoms with Crippen molar-refractivity contribution in [1.82, 2.24) is 15.0 Å². The van der Waals surface area contributed by atoms with Crippen LogP contribution in [0.25, 0.3) is 0 Å². The zero-order valence-electron chi connectivity index (χ0n) is 12.5. The molecule has 8 heteroatoms. The first-order chi connectivity index (χ1) is 11.0. The van der Waals surface area contributed by atoms with E-state index in [4.69, 9.17) is 4.74 Å². The Bertz CT molecular complexity index is 688. The minimum absolute atomic E-state index is 0.156. The number of halogens is 2. The monoisotopic (exact) mass is 322 g/mol. The summed E-state index contributed by atoms with van der Waals surface area (Å²) < 4.78 is 31.4. The number of alkyl halides is 2. The maximum absolute atomic E-state index is 12.4. The fourth-order valence-corrected chi connectivity index (χ4v) is 1.96. The van der Waals surface area contributed by atoms with Crippen LogP contribution >= 0.6 is 0 Å². The molecule has 0 spiro atoms. The van der Waals surface area contributed by atoms with Crippen LogP contribution in [-0.4, -0.2) is 33.9 Å². The molecule has 0 N–H and O–H groups in total. The number of rotatable bonds is 7. The van der Waals surface area contributed by atoms with E-state index in [1.807, 2.05) is 0 Å². The topological polar surface area (TPSA) is 60.2 Å². The largest absolute Gasteiger partial charge is 0.485 e. The first-order valence-corrected chi connectivity index (χ1v) is 6.80. The van der Waals surface area contributed by atoms with Crippen molar-refractivity contribution in [3.63, 3.8) is 0 Å². The number of aryl methyl sites for hydroxylation is 1. The molecule has 6 nitrogen and oxygen atoms in total. The molecule has 0 aliphatic rings. The molecule has 0 unspecified atom stereocenters. The van der Waals surface area contributed by atoms with Gasteiger partial charge in [-0.25, -0.2) is 8.78 Å². The molecule has 0 aliphatic heterocycles. The Morgan fingerprint density at radius 3 is 2.83 bits per heavy atom. The summed E-state index contributed by atoms with van der Waals surface area (Å²) in [4.78, 5) is 13.6. The molecule has 0 radical (unpaired) electrons. The van der Waals surface area contributed by atoms with E-state index in [0.717, 1.165) is 6.08 Å². The third-order valence-corrected chi connectivity index (χ3v) is 3.09. The Labute approximate surface area is 132 Å². The lowest BCUT2D eigenvalue weighted by molar-refractivity contribution is -0.114. The number of aromatic nitrogens is 3. The quantitative estimate of drug-likeness (QED) is 0.733. The summed E-state index contributed by atoms with van der Waals surface area (Å²) in [5.41, 5.74) is 1.04. The van der Waals surface area contributed by atoms with E-state index in [1.165, 1.54) is 21.8 Å². The lowest BCUT2D eigenvalue weighted by atomic mass is 10.2. The molecule has 1 aromatic carbocycles. The van der Waals surface area contributed by atoms with E-state index >= 15 is 0 Å². The Morgan fingerprint density at radius 1 is 1.48 bits per heavy atom. The first-order valence-electron chi connectivity index (χ1n) is 6.80. The highest BCUT2D eigenvalue weighted by molar-refractivity contribution is 6.01. The van der Waals surface area contributed by atoms with Crippen LogP contribution < -0.4 is 9.64 Å². The standard InChI is InChI=1S/C15H16F2N4O2/c1-3-15(22)21(9-11-8-18-19-20(11)2)12-6-4-5-7-13(12)23-10-14(16)17/h3-8,14H,1,9-10H2,2H3. The van der Waals surface area contributed by atoms with E-state index < -0.39 is 13.0 Å². The molecular weight excluding hydrogens is 306 g/mol. The van der Waals surface area contributed by atoms with Gasteiger partial charge in [0, 0.05) is 7.05 Å². The third kappa shape index (κ3) is 4.12. The predicted molar refractivity (Wildman–Crippen MR) is 80.3 cm³/mol. The van der Waals surface area contributed by atoms with Crippen LogP contribution in [0.2, 0.25) is 0 Å². The van der Waals surface area contributed by atoms with Crippen molar-refractivity contribution in [3.05, 3.63) is 48.8 Å². The molecule has 2 aromatic rings. The van der Waals surface area contributed by atoms with Crippen molar-refractivity contribution in [1.29, 1.82) is 0 Å². The van der Waals surface area contributed by atoms with Crippen LogP contribution in [0.1, 0.15) is 5.69 Å². The number of para-hydroxylation sites is 2. The Morgan fingerprint density at radius 2 is 2.22 bits per heavy atom. The number of amides is 1. The second-order valence-electron chi connectivity index (χ2n) is 4.65. The summed E-state index contributed by atoms with van der Waals surface area (Å²) in [6, 6.07) is 6.48. The maximum Gasteiger partial charge on any atom is 0.272 e. The average molecular weight is 322 g/mol. The number of ether oxygens (including phenoxy) is 1. The molecule has 0 aliphatic carbocycles. The van der Waals surface area contributed by atoms with Crippen molar-refractivity contribution < 1.29 is 18.3 Å². The Balaban J connectivity index is 2.34. The molecule has 0 bridgehead atoms. The summed E-state index contributed by atoms with van der Waals surface area (Å²) in [6.45, 7) is 2.88. The summed E-state index contributed by atoms with van der Waals surface area (Å²) in [7, 11) is 1.69. The highest BCUT2D eigenvalue weighted by atomic mass is 19.3. The molecule has 23 heavy (non-hydrogen) atoms. The number of hydrogen-bond donors (Lipinski definition) is 0. The van der Waals surface area contributed by atoms with Gasteiger partial charge in [-0.2, -0.15) is 0 Å². The molecule has 0 saturated carbocycles. The van der Waals surface area contributed by atoms with Gasteiger partial charge in [0.15, 0.2) is 0 Å². The summed E-state index contributed by atoms with van der Waals surface area (Å²) in [5, 5.41) is 7.56. The van der Waals surface area contributed by atoms with E-state index in [1.54, 1.807) is 25.2 Å². The molecule has 1 aromatic heterocycles. The van der Waals surface area contributed by atoms with Gasteiger partial charge < -0.3 is 4.74 Å². The van der Waals surface area contributed by atoms with Gasteiger partial charge in [0.05, 0.1) is 24.1 Å². The highest BCUT2D eigenvalue weighted by Crippen LogP contribution is 2.29. The predicted octanol–water partition coefficient (Wildman–Crippen LogP) is 2.18. The van der Waals surface area contributed by atoms with E-state index in [9.17, 15) is 13.6 Å². The number of nitrogens with zero attached hydrogens (tertiary/aromatic N) is 4. The van der Waals surface area contributed by atoms with E-state index in [2.05, 4.69) is 16.9 Å². The van der Waals surface area contributed by atoms with Crippen molar-refractivity contribution in [2.75, 3.05) is 11.5 Å². The van der Waals surface area contributed by atoms with Crippen molar-refractivity contribution in [2.24, 2.45) is 7.05 Å². The van der Waals surface area contributed by atoms with Crippen LogP contribution in [0, 0.1) is 0 Å². The van der Waals surface area contributed by atoms with Gasteiger partial charge in [0.25, 0.3) is 12.3 Å². The van der Waals surface area contributed by atoms with Crippen LogP contribution in [-0.2, 0) is 18.4 Å². The van der Waals surface area contributed by atoms with Crippen molar-refractivity contribution in [2.45, 2.75) is 13.0 Å². The molecule has 0 atom stereocenters. The lowest BCUT2D eigenvalue weighted by Crippen LogP contribution is -2.30. The van der Waals surface area contributed by atoms with Gasteiger partial charge in [-0.3, -0.25) is 14.4 Å². The molecule has 1 heterocycles. The second-order valence-corrected chi connectivity index (χ2v) is 4.65. The maximum atomic E-state index is 12.4. The van der Waals surface area contributed by atoms with Gasteiger partial charge in [0.2, 0.25) is 0 Å². The lowest BCUT2D eigenvalue weighted by Gasteiger charge is -2.23. The van der Waals surface area contributed by atoms with Gasteiger partial charge in [-0.1, -0.05) is 23.9 Å². The third-order valence-electron chi connectivity index (χ3n) is 3.09. The van der Waals surface area contributed by atoms with Gasteiger partial charge in [0.1, 0.15) is 12.4 Å². The second kappa shape index (κ2) is 7.48. The van der Waals surface area contributed by atoms with Crippen molar-refractivity contribution in [3.8, 4) is 5.75 Å². The Hall–Kier alpha value is -2.77. The number of carbonyl (C=O) groups excluding carboxylic acids is 1. The summed E-state index contributed by atoms with van der Waals surface area (Å²) in [5.74, 6) is -0.197. The minimum atomic E-state index is -2.60. The average Bonchev–Trinajstić information content (AvgIpc) is 2.95. The van der Waals surface area contributed by atoms with Crippen LogP contribution in [0.15, 0.2) is 43.1 Å². The first kappa shape index (κ1) is 16.6. The molecule has 0 saturated heterocycles. The smallest absolute Gasteiger partial charge is 0.272 e. The molecule has 1 amide bonds. The SMILES string of the molecule is C=CC(=O)N(Cc1cnnn1C)c1ccccc1OCC(F)F. The molecule has 122 valence electrons. The van der Waals surface area contributed by atoms with Gasteiger partial charge >= 0.3 is 0 Å². The minimum Gasteiger partial charge on any atom is -0.485 e. The fraction of sp³-hybridized carbons (Fsp3) is 0.267. The molecule has 0 fully saturated rings. The van der Waals surface area contributed by atoms with Crippen LogP contribution in [0.5, 0.6) is 5.75 Å². The zero-order chi connectivity index (χ0) is 16.8. The Kier molecular flexibility index (Phi) is 5.40. The zero-order valence-corrected chi connectivity index (χ0v) is 12.5. The number of benzene rings is 1. The van der Waals surface area contributed by atoms with Gasteiger partial charge in [-0.05, 0) is 18.2 Å². The number of anilines is 1. The molecule has 2 rings (SSSR count). The fourth-order valence-electron chi connectivity index (χ4n) is 1.96. The van der Waals surface area contributed by atoms with E-state index in [0.29, 0.717) is 11.4 Å². The van der Waals surface area contributed by atoms with Crippen LogP contribution in [0.3, 0.4) is 0 Å². The van der Waals surface area contributed by atoms with Crippen LogP contribution in [0.4, 0.5) is 14.5 Å². The number of carbonyl (C=O) groups is 1. The normalized spacial score (nSPS) is 10.6. The van der Waals surface area contributed by atoms with E-state index in [-0.39, 0.29) is 18.2 Å². The van der Waals surface area contributed by atoms with Gasteiger partial charge in [-0.15, -0.1) is 5.10 Å². The molecular formula is C15H16F2N4O2.